The van der Waals surface area contributed by atoms with E-state index in [-0.39, 0.29) is 48.1 Å². The Bertz CT molecular complexity index is 814. The first kappa shape index (κ1) is 24.1. The first-order chi connectivity index (χ1) is 14.2. The lowest BCUT2D eigenvalue weighted by atomic mass is 9.96. The van der Waals surface area contributed by atoms with E-state index in [4.69, 9.17) is 4.74 Å². The van der Waals surface area contributed by atoms with Gasteiger partial charge in [0.1, 0.15) is 5.75 Å². The van der Waals surface area contributed by atoms with Gasteiger partial charge in [0.05, 0.1) is 25.5 Å². The van der Waals surface area contributed by atoms with Crippen LogP contribution in [0, 0.1) is 11.8 Å². The summed E-state index contributed by atoms with van der Waals surface area (Å²) in [5.41, 5.74) is 0. The number of esters is 1. The molecule has 1 saturated heterocycles. The van der Waals surface area contributed by atoms with Gasteiger partial charge in [-0.2, -0.15) is 4.31 Å². The molecule has 9 heteroatoms. The number of methoxy groups -OCH3 is 2. The monoisotopic (exact) mass is 440 g/mol. The summed E-state index contributed by atoms with van der Waals surface area (Å²) >= 11 is 0. The third-order valence-corrected chi connectivity index (χ3v) is 7.12. The van der Waals surface area contributed by atoms with Gasteiger partial charge >= 0.3 is 5.97 Å². The minimum absolute atomic E-state index is 0.0194. The van der Waals surface area contributed by atoms with E-state index in [1.807, 2.05) is 13.8 Å². The molecule has 0 saturated carbocycles. The second-order valence-electron chi connectivity index (χ2n) is 7.86. The fourth-order valence-corrected chi connectivity index (χ4v) is 5.03. The number of amides is 1. The summed E-state index contributed by atoms with van der Waals surface area (Å²) in [6, 6.07) is 6.30. The Hall–Kier alpha value is -2.13. The van der Waals surface area contributed by atoms with Gasteiger partial charge in [0.25, 0.3) is 0 Å². The predicted octanol–water partition coefficient (Wildman–Crippen LogP) is 2.14. The van der Waals surface area contributed by atoms with E-state index in [2.05, 4.69) is 4.74 Å². The van der Waals surface area contributed by atoms with Crippen LogP contribution in [0.4, 0.5) is 0 Å². The van der Waals surface area contributed by atoms with E-state index in [0.717, 1.165) is 0 Å². The lowest BCUT2D eigenvalue weighted by molar-refractivity contribution is -0.143. The maximum absolute atomic E-state index is 13.0. The molecule has 1 aliphatic heterocycles. The highest BCUT2D eigenvalue weighted by Gasteiger charge is 2.34. The van der Waals surface area contributed by atoms with E-state index in [0.29, 0.717) is 31.7 Å². The third-order valence-electron chi connectivity index (χ3n) is 5.21. The van der Waals surface area contributed by atoms with E-state index >= 15 is 0 Å². The Labute approximate surface area is 179 Å². The van der Waals surface area contributed by atoms with E-state index in [1.165, 1.54) is 30.7 Å². The molecule has 1 fully saturated rings. The Balaban J connectivity index is 2.01. The zero-order chi connectivity index (χ0) is 22.3. The highest BCUT2D eigenvalue weighted by atomic mass is 32.2. The summed E-state index contributed by atoms with van der Waals surface area (Å²) in [6.45, 7) is 5.48. The fraction of sp³-hybridized carbons (Fsp3) is 0.619. The highest BCUT2D eigenvalue weighted by molar-refractivity contribution is 7.89. The molecule has 1 heterocycles. The van der Waals surface area contributed by atoms with Gasteiger partial charge in [-0.25, -0.2) is 8.42 Å². The maximum atomic E-state index is 13.0. The molecule has 0 unspecified atom stereocenters. The van der Waals surface area contributed by atoms with Crippen LogP contribution in [0.15, 0.2) is 29.2 Å². The fourth-order valence-electron chi connectivity index (χ4n) is 3.56. The minimum Gasteiger partial charge on any atom is -0.497 e. The summed E-state index contributed by atoms with van der Waals surface area (Å²) in [4.78, 5) is 26.4. The molecule has 8 nitrogen and oxygen atoms in total. The number of ether oxygens (including phenoxy) is 2. The van der Waals surface area contributed by atoms with Crippen molar-refractivity contribution in [3.05, 3.63) is 24.3 Å². The van der Waals surface area contributed by atoms with E-state index in [9.17, 15) is 18.0 Å². The van der Waals surface area contributed by atoms with Gasteiger partial charge in [0, 0.05) is 32.1 Å². The molecule has 30 heavy (non-hydrogen) atoms. The van der Waals surface area contributed by atoms with Crippen molar-refractivity contribution >= 4 is 21.9 Å². The summed E-state index contributed by atoms with van der Waals surface area (Å²) < 4.78 is 37.0. The molecule has 1 aromatic carbocycles. The second kappa shape index (κ2) is 10.8. The third kappa shape index (κ3) is 6.18. The van der Waals surface area contributed by atoms with Crippen molar-refractivity contribution in [1.29, 1.82) is 0 Å². The average Bonchev–Trinajstić information content (AvgIpc) is 2.75. The highest BCUT2D eigenvalue weighted by Crippen LogP contribution is 2.26. The Kier molecular flexibility index (Phi) is 8.66. The van der Waals surface area contributed by atoms with Crippen LogP contribution < -0.4 is 4.74 Å². The molecule has 0 spiro atoms. The van der Waals surface area contributed by atoms with Crippen LogP contribution in [0.25, 0.3) is 0 Å². The second-order valence-corrected chi connectivity index (χ2v) is 9.80. The number of benzene rings is 1. The number of piperidine rings is 1. The molecule has 0 aromatic heterocycles. The zero-order valence-electron chi connectivity index (χ0n) is 18.2. The van der Waals surface area contributed by atoms with Crippen molar-refractivity contribution in [2.24, 2.45) is 11.8 Å². The molecule has 0 bridgehead atoms. The lowest BCUT2D eigenvalue weighted by Gasteiger charge is -2.34. The lowest BCUT2D eigenvalue weighted by Crippen LogP contribution is -2.45. The summed E-state index contributed by atoms with van der Waals surface area (Å²) in [6.07, 6.45) is 1.07. The summed E-state index contributed by atoms with van der Waals surface area (Å²) in [5.74, 6) is 0.243. The smallest absolute Gasteiger partial charge is 0.307 e. The Morgan fingerprint density at radius 3 is 2.23 bits per heavy atom. The minimum atomic E-state index is -3.61. The maximum Gasteiger partial charge on any atom is 0.307 e. The van der Waals surface area contributed by atoms with Crippen LogP contribution in [0.5, 0.6) is 5.75 Å². The molecular formula is C21H32N2O6S. The number of nitrogens with zero attached hydrogens (tertiary/aromatic N) is 2. The number of sulfonamides is 1. The van der Waals surface area contributed by atoms with Crippen LogP contribution in [0.2, 0.25) is 0 Å². The molecule has 1 amide bonds. The normalized spacial score (nSPS) is 15.8. The number of hydrogen-bond donors (Lipinski definition) is 0. The van der Waals surface area contributed by atoms with Gasteiger partial charge in [0.15, 0.2) is 0 Å². The largest absolute Gasteiger partial charge is 0.497 e. The van der Waals surface area contributed by atoms with Crippen LogP contribution in [-0.2, 0) is 24.3 Å². The van der Waals surface area contributed by atoms with Crippen molar-refractivity contribution in [2.75, 3.05) is 40.4 Å². The molecule has 168 valence electrons. The van der Waals surface area contributed by atoms with Crippen molar-refractivity contribution < 1.29 is 27.5 Å². The summed E-state index contributed by atoms with van der Waals surface area (Å²) in [7, 11) is -0.752. The van der Waals surface area contributed by atoms with Crippen LogP contribution in [0.1, 0.15) is 33.1 Å². The molecule has 0 radical (unpaired) electrons. The van der Waals surface area contributed by atoms with Gasteiger partial charge in [0.2, 0.25) is 15.9 Å². The topological polar surface area (TPSA) is 93.2 Å². The molecule has 2 rings (SSSR count). The van der Waals surface area contributed by atoms with Gasteiger partial charge in [-0.1, -0.05) is 13.8 Å². The number of rotatable bonds is 9. The molecule has 0 aliphatic carbocycles. The van der Waals surface area contributed by atoms with Gasteiger partial charge in [-0.15, -0.1) is 0 Å². The number of carbonyl (C=O) groups excluding carboxylic acids is 2. The first-order valence-electron chi connectivity index (χ1n) is 10.2. The molecule has 1 aromatic rings. The van der Waals surface area contributed by atoms with Crippen molar-refractivity contribution in [2.45, 2.75) is 38.0 Å². The predicted molar refractivity (Wildman–Crippen MR) is 113 cm³/mol. The van der Waals surface area contributed by atoms with Crippen molar-refractivity contribution in [1.82, 2.24) is 9.21 Å². The van der Waals surface area contributed by atoms with Crippen LogP contribution in [0.3, 0.4) is 0 Å². The molecule has 0 N–H and O–H groups in total. The quantitative estimate of drug-likeness (QED) is 0.546. The Morgan fingerprint density at radius 1 is 1.13 bits per heavy atom. The van der Waals surface area contributed by atoms with Crippen molar-refractivity contribution in [3.8, 4) is 5.75 Å². The molecule has 0 atom stereocenters. The molecular weight excluding hydrogens is 408 g/mol. The zero-order valence-corrected chi connectivity index (χ0v) is 19.0. The Morgan fingerprint density at radius 2 is 1.73 bits per heavy atom. The molecule has 1 aliphatic rings. The van der Waals surface area contributed by atoms with Crippen molar-refractivity contribution in [3.63, 3.8) is 0 Å². The van der Waals surface area contributed by atoms with Crippen LogP contribution in [-0.4, -0.2) is 69.9 Å². The number of carbonyl (C=O) groups is 2. The average molecular weight is 441 g/mol. The number of hydrogen-bond acceptors (Lipinski definition) is 6. The standard InChI is InChI=1S/C21H32N2O6S/c1-16(2)15-22(12-11-20(24)29-4)21(25)17-9-13-23(14-10-17)30(26,27)19-7-5-18(28-3)6-8-19/h5-8,16-17H,9-15H2,1-4H3. The first-order valence-corrected chi connectivity index (χ1v) is 11.6. The van der Waals surface area contributed by atoms with E-state index < -0.39 is 10.0 Å². The van der Waals surface area contributed by atoms with Gasteiger partial charge in [-0.3, -0.25) is 9.59 Å². The van der Waals surface area contributed by atoms with Gasteiger partial charge in [-0.05, 0) is 43.0 Å². The van der Waals surface area contributed by atoms with Crippen LogP contribution >= 0.6 is 0 Å². The van der Waals surface area contributed by atoms with E-state index in [1.54, 1.807) is 17.0 Å². The SMILES string of the molecule is COC(=O)CCN(CC(C)C)C(=O)C1CCN(S(=O)(=O)c2ccc(OC)cc2)CC1. The van der Waals surface area contributed by atoms with Gasteiger partial charge < -0.3 is 14.4 Å². The summed E-state index contributed by atoms with van der Waals surface area (Å²) in [5, 5.41) is 0.